The molecule has 1 N–H and O–H groups in total. The molecular weight excluding hydrogens is 188 g/mol. The van der Waals surface area contributed by atoms with Crippen molar-refractivity contribution in [3.63, 3.8) is 0 Å². The van der Waals surface area contributed by atoms with Crippen molar-refractivity contribution in [3.05, 3.63) is 0 Å². The summed E-state index contributed by atoms with van der Waals surface area (Å²) in [4.78, 5) is 2.35. The summed E-state index contributed by atoms with van der Waals surface area (Å²) >= 11 is 0. The maximum Gasteiger partial charge on any atom is 0.0826 e. The van der Waals surface area contributed by atoms with Gasteiger partial charge in [0.25, 0.3) is 0 Å². The largest absolute Gasteiger partial charge is 0.374 e. The van der Waals surface area contributed by atoms with Gasteiger partial charge in [-0.3, -0.25) is 0 Å². The van der Waals surface area contributed by atoms with E-state index in [-0.39, 0.29) is 0 Å². The molecule has 0 aromatic rings. The maximum absolute atomic E-state index is 5.74. The van der Waals surface area contributed by atoms with Crippen LogP contribution in [0.25, 0.3) is 0 Å². The molecule has 0 aromatic heterocycles. The lowest BCUT2D eigenvalue weighted by Crippen LogP contribution is -2.50. The van der Waals surface area contributed by atoms with Crippen molar-refractivity contribution in [3.8, 4) is 0 Å². The smallest absolute Gasteiger partial charge is 0.0826 e. The van der Waals surface area contributed by atoms with Crippen LogP contribution in [0.1, 0.15) is 26.7 Å². The van der Waals surface area contributed by atoms with E-state index in [9.17, 15) is 0 Å². The van der Waals surface area contributed by atoms with Crippen LogP contribution in [0.15, 0.2) is 0 Å². The molecule has 2 fully saturated rings. The fourth-order valence-corrected chi connectivity index (χ4v) is 2.32. The average Bonchev–Trinajstić information content (AvgIpc) is 2.98. The lowest BCUT2D eigenvalue weighted by molar-refractivity contribution is -0.0215. The van der Waals surface area contributed by atoms with E-state index in [1.807, 2.05) is 0 Å². The van der Waals surface area contributed by atoms with Crippen LogP contribution < -0.4 is 5.32 Å². The zero-order valence-corrected chi connectivity index (χ0v) is 10.3. The Morgan fingerprint density at radius 1 is 1.40 bits per heavy atom. The van der Waals surface area contributed by atoms with E-state index < -0.39 is 0 Å². The Hall–Kier alpha value is -0.120. The molecule has 1 unspecified atom stereocenters. The lowest BCUT2D eigenvalue weighted by Gasteiger charge is -2.34. The number of hydrogen-bond acceptors (Lipinski definition) is 3. The number of ether oxygens (including phenoxy) is 1. The third-order valence-electron chi connectivity index (χ3n) is 3.73. The van der Waals surface area contributed by atoms with Crippen LogP contribution in [0.2, 0.25) is 0 Å². The fourth-order valence-electron chi connectivity index (χ4n) is 2.32. The standard InChI is InChI=1S/C12H24N2O/c1-12(2,10-4-5-10)13-8-11-9-14(3)6-7-15-11/h10-11,13H,4-9H2,1-3H3. The molecule has 88 valence electrons. The molecule has 1 aliphatic heterocycles. The van der Waals surface area contributed by atoms with Crippen molar-refractivity contribution in [1.29, 1.82) is 0 Å². The van der Waals surface area contributed by atoms with Crippen LogP contribution in [0, 0.1) is 5.92 Å². The van der Waals surface area contributed by atoms with E-state index in [1.54, 1.807) is 0 Å². The number of nitrogens with one attached hydrogen (secondary N) is 1. The molecule has 3 nitrogen and oxygen atoms in total. The molecule has 2 aliphatic rings. The van der Waals surface area contributed by atoms with Crippen molar-refractivity contribution in [2.75, 3.05) is 33.3 Å². The summed E-state index contributed by atoms with van der Waals surface area (Å²) in [6, 6.07) is 0. The van der Waals surface area contributed by atoms with Crippen molar-refractivity contribution in [2.45, 2.75) is 38.3 Å². The minimum absolute atomic E-state index is 0.305. The van der Waals surface area contributed by atoms with Gasteiger partial charge >= 0.3 is 0 Å². The van der Waals surface area contributed by atoms with E-state index in [0.717, 1.165) is 32.2 Å². The first-order chi connectivity index (χ1) is 7.08. The van der Waals surface area contributed by atoms with Gasteiger partial charge in [-0.05, 0) is 39.7 Å². The third kappa shape index (κ3) is 3.16. The summed E-state index contributed by atoms with van der Waals surface area (Å²) in [6.07, 6.45) is 3.17. The molecule has 1 aliphatic carbocycles. The van der Waals surface area contributed by atoms with Crippen molar-refractivity contribution >= 4 is 0 Å². The highest BCUT2D eigenvalue weighted by atomic mass is 16.5. The molecule has 0 bridgehead atoms. The molecule has 1 saturated heterocycles. The van der Waals surface area contributed by atoms with Crippen LogP contribution in [-0.4, -0.2) is 49.8 Å². The van der Waals surface area contributed by atoms with Crippen LogP contribution in [0.3, 0.4) is 0 Å². The molecule has 0 amide bonds. The number of morpholine rings is 1. The van der Waals surface area contributed by atoms with Gasteiger partial charge in [-0.2, -0.15) is 0 Å². The number of likely N-dealkylation sites (N-methyl/N-ethyl adjacent to an activating group) is 1. The molecule has 15 heavy (non-hydrogen) atoms. The fraction of sp³-hybridized carbons (Fsp3) is 1.00. The van der Waals surface area contributed by atoms with Gasteiger partial charge in [-0.25, -0.2) is 0 Å². The highest BCUT2D eigenvalue weighted by Crippen LogP contribution is 2.39. The summed E-state index contributed by atoms with van der Waals surface area (Å²) in [5.74, 6) is 0.888. The first kappa shape index (κ1) is 11.4. The predicted molar refractivity (Wildman–Crippen MR) is 62.0 cm³/mol. The molecule has 2 rings (SSSR count). The SMILES string of the molecule is CN1CCOC(CNC(C)(C)C2CC2)C1. The van der Waals surface area contributed by atoms with Gasteiger partial charge in [0.05, 0.1) is 12.7 Å². The zero-order chi connectivity index (χ0) is 10.9. The molecule has 0 radical (unpaired) electrons. The Morgan fingerprint density at radius 3 is 2.73 bits per heavy atom. The number of hydrogen-bond donors (Lipinski definition) is 1. The van der Waals surface area contributed by atoms with Crippen LogP contribution >= 0.6 is 0 Å². The minimum atomic E-state index is 0.305. The number of rotatable bonds is 4. The van der Waals surface area contributed by atoms with Crippen molar-refractivity contribution in [2.24, 2.45) is 5.92 Å². The molecule has 1 saturated carbocycles. The van der Waals surface area contributed by atoms with E-state index in [1.165, 1.54) is 12.8 Å². The first-order valence-electron chi connectivity index (χ1n) is 6.13. The summed E-state index contributed by atoms with van der Waals surface area (Å²) in [5.41, 5.74) is 0.305. The van der Waals surface area contributed by atoms with Gasteiger partial charge in [-0.1, -0.05) is 0 Å². The second-order valence-corrected chi connectivity index (χ2v) is 5.63. The Balaban J connectivity index is 1.72. The van der Waals surface area contributed by atoms with Crippen LogP contribution in [0.4, 0.5) is 0 Å². The van der Waals surface area contributed by atoms with Gasteiger partial charge in [0.1, 0.15) is 0 Å². The Bertz CT molecular complexity index is 214. The van der Waals surface area contributed by atoms with Gasteiger partial charge < -0.3 is 15.0 Å². The third-order valence-corrected chi connectivity index (χ3v) is 3.73. The van der Waals surface area contributed by atoms with E-state index >= 15 is 0 Å². The van der Waals surface area contributed by atoms with Crippen molar-refractivity contribution in [1.82, 2.24) is 10.2 Å². The molecule has 1 heterocycles. The highest BCUT2D eigenvalue weighted by molar-refractivity contribution is 4.94. The molecular formula is C12H24N2O. The maximum atomic E-state index is 5.74. The first-order valence-corrected chi connectivity index (χ1v) is 6.13. The summed E-state index contributed by atoms with van der Waals surface area (Å²) < 4.78 is 5.74. The molecule has 0 spiro atoms. The second-order valence-electron chi connectivity index (χ2n) is 5.63. The lowest BCUT2D eigenvalue weighted by atomic mass is 9.98. The zero-order valence-electron chi connectivity index (χ0n) is 10.3. The van der Waals surface area contributed by atoms with E-state index in [2.05, 4.69) is 31.1 Å². The van der Waals surface area contributed by atoms with Gasteiger partial charge in [0, 0.05) is 25.2 Å². The predicted octanol–water partition coefficient (Wildman–Crippen LogP) is 1.10. The van der Waals surface area contributed by atoms with Gasteiger partial charge in [-0.15, -0.1) is 0 Å². The Morgan fingerprint density at radius 2 is 2.13 bits per heavy atom. The highest BCUT2D eigenvalue weighted by Gasteiger charge is 2.37. The summed E-state index contributed by atoms with van der Waals surface area (Å²) in [5, 5.41) is 3.66. The quantitative estimate of drug-likeness (QED) is 0.755. The Labute approximate surface area is 93.2 Å². The van der Waals surface area contributed by atoms with Crippen LogP contribution in [-0.2, 0) is 4.74 Å². The van der Waals surface area contributed by atoms with Gasteiger partial charge in [0.2, 0.25) is 0 Å². The topological polar surface area (TPSA) is 24.5 Å². The summed E-state index contributed by atoms with van der Waals surface area (Å²) in [6.45, 7) is 8.64. The number of nitrogens with zero attached hydrogens (tertiary/aromatic N) is 1. The normalized spacial score (nSPS) is 29.4. The Kier molecular flexibility index (Phi) is 3.33. The van der Waals surface area contributed by atoms with E-state index in [4.69, 9.17) is 4.74 Å². The molecule has 0 aromatic carbocycles. The van der Waals surface area contributed by atoms with Gasteiger partial charge in [0.15, 0.2) is 0 Å². The molecule has 3 heteroatoms. The molecule has 1 atom stereocenters. The average molecular weight is 212 g/mol. The minimum Gasteiger partial charge on any atom is -0.374 e. The monoisotopic (exact) mass is 212 g/mol. The summed E-state index contributed by atoms with van der Waals surface area (Å²) in [7, 11) is 2.17. The van der Waals surface area contributed by atoms with Crippen LogP contribution in [0.5, 0.6) is 0 Å². The van der Waals surface area contributed by atoms with E-state index in [0.29, 0.717) is 11.6 Å². The second kappa shape index (κ2) is 4.40. The van der Waals surface area contributed by atoms with Crippen molar-refractivity contribution < 1.29 is 4.74 Å².